The number of benzene rings is 4. The maximum atomic E-state index is 13.6. The monoisotopic (exact) mass is 663 g/mol. The third-order valence-electron chi connectivity index (χ3n) is 8.04. The summed E-state index contributed by atoms with van der Waals surface area (Å²) in [6.07, 6.45) is 0.179. The lowest BCUT2D eigenvalue weighted by Crippen LogP contribution is -2.60. The van der Waals surface area contributed by atoms with Crippen molar-refractivity contribution in [3.8, 4) is 0 Å². The predicted octanol–water partition coefficient (Wildman–Crippen LogP) is 2.29. The molecule has 0 bridgehead atoms. The molecule has 49 heavy (non-hydrogen) atoms. The van der Waals surface area contributed by atoms with Crippen LogP contribution in [0, 0.1) is 0 Å². The number of nitrogens with two attached hydrogens (primary N) is 1. The highest BCUT2D eigenvalue weighted by atomic mass is 16.2. The van der Waals surface area contributed by atoms with Crippen molar-refractivity contribution in [3.63, 3.8) is 0 Å². The Labute approximate surface area is 285 Å². The molecular formula is C38H41N5O6. The fourth-order valence-electron chi connectivity index (χ4n) is 5.16. The van der Waals surface area contributed by atoms with Gasteiger partial charge in [0.1, 0.15) is 17.6 Å². The molecule has 0 spiro atoms. The van der Waals surface area contributed by atoms with E-state index in [0.717, 1.165) is 21.9 Å². The molecule has 1 unspecified atom stereocenters. The van der Waals surface area contributed by atoms with Gasteiger partial charge in [-0.15, -0.1) is 0 Å². The Hall–Kier alpha value is -5.84. The van der Waals surface area contributed by atoms with Gasteiger partial charge < -0.3 is 27.0 Å². The summed E-state index contributed by atoms with van der Waals surface area (Å²) in [6, 6.07) is 27.7. The molecule has 5 amide bonds. The number of primary amides is 1. The largest absolute Gasteiger partial charge is 0.368 e. The summed E-state index contributed by atoms with van der Waals surface area (Å²) in [4.78, 5) is 78.1. The predicted molar refractivity (Wildman–Crippen MR) is 186 cm³/mol. The van der Waals surface area contributed by atoms with Crippen molar-refractivity contribution in [1.82, 2.24) is 21.3 Å². The van der Waals surface area contributed by atoms with E-state index in [1.807, 2.05) is 60.7 Å². The average molecular weight is 664 g/mol. The van der Waals surface area contributed by atoms with E-state index in [4.69, 9.17) is 5.73 Å². The van der Waals surface area contributed by atoms with Crippen molar-refractivity contribution in [2.24, 2.45) is 5.73 Å². The van der Waals surface area contributed by atoms with Gasteiger partial charge in [-0.1, -0.05) is 103 Å². The van der Waals surface area contributed by atoms with E-state index in [-0.39, 0.29) is 19.3 Å². The van der Waals surface area contributed by atoms with Gasteiger partial charge in [-0.25, -0.2) is 0 Å². The zero-order valence-electron chi connectivity index (χ0n) is 27.7. The SMILES string of the molecule is CC(NC(=O)[C@H](Cc1ccc2ccccc2c1)NC(=O)Cc1ccccc1)C(=O)C(=O)N[C@@H](Cc1ccccc1)C(=O)NC(C)(C)C(N)=O. The van der Waals surface area contributed by atoms with Gasteiger partial charge in [0.2, 0.25) is 29.4 Å². The van der Waals surface area contributed by atoms with Crippen LogP contribution in [0.5, 0.6) is 0 Å². The molecular weight excluding hydrogens is 622 g/mol. The van der Waals surface area contributed by atoms with Crippen molar-refractivity contribution >= 4 is 46.1 Å². The van der Waals surface area contributed by atoms with Gasteiger partial charge in [0.05, 0.1) is 12.5 Å². The smallest absolute Gasteiger partial charge is 0.290 e. The molecule has 0 aromatic heterocycles. The van der Waals surface area contributed by atoms with Crippen molar-refractivity contribution in [2.45, 2.75) is 63.7 Å². The molecule has 0 saturated carbocycles. The van der Waals surface area contributed by atoms with Crippen molar-refractivity contribution in [1.29, 1.82) is 0 Å². The number of amides is 5. The number of hydrogen-bond acceptors (Lipinski definition) is 6. The van der Waals surface area contributed by atoms with Crippen LogP contribution >= 0.6 is 0 Å². The standard InChI is InChI=1S/C38H41N5O6/c1-24(33(45)36(48)42-31(21-25-12-6-4-7-13-25)35(47)43-38(2,3)37(39)49)40-34(46)30(41-32(44)23-26-14-8-5-9-15-26)22-27-18-19-28-16-10-11-17-29(28)20-27/h4-20,24,30-31H,21-23H2,1-3H3,(H2,39,49)(H,40,46)(H,41,44)(H,42,48)(H,43,47)/t24?,30-,31-/m0/s1. The molecule has 254 valence electrons. The Balaban J connectivity index is 1.48. The van der Waals surface area contributed by atoms with Gasteiger partial charge in [0.25, 0.3) is 5.91 Å². The molecule has 0 saturated heterocycles. The Morgan fingerprint density at radius 2 is 1.18 bits per heavy atom. The van der Waals surface area contributed by atoms with Gasteiger partial charge in [-0.05, 0) is 48.2 Å². The van der Waals surface area contributed by atoms with E-state index in [0.29, 0.717) is 5.56 Å². The minimum Gasteiger partial charge on any atom is -0.368 e. The third-order valence-corrected chi connectivity index (χ3v) is 8.04. The number of nitrogens with one attached hydrogen (secondary N) is 4. The van der Waals surface area contributed by atoms with Gasteiger partial charge in [-0.2, -0.15) is 0 Å². The summed E-state index contributed by atoms with van der Waals surface area (Å²) < 4.78 is 0. The number of carbonyl (C=O) groups is 6. The summed E-state index contributed by atoms with van der Waals surface area (Å²) in [5, 5.41) is 12.3. The highest BCUT2D eigenvalue weighted by molar-refractivity contribution is 6.38. The van der Waals surface area contributed by atoms with E-state index >= 15 is 0 Å². The van der Waals surface area contributed by atoms with Gasteiger partial charge >= 0.3 is 0 Å². The van der Waals surface area contributed by atoms with Crippen LogP contribution in [0.3, 0.4) is 0 Å². The molecule has 0 aliphatic carbocycles. The van der Waals surface area contributed by atoms with Crippen molar-refractivity contribution in [3.05, 3.63) is 120 Å². The lowest BCUT2D eigenvalue weighted by Gasteiger charge is -2.26. The van der Waals surface area contributed by atoms with E-state index in [1.165, 1.54) is 20.8 Å². The molecule has 0 heterocycles. The number of ketones is 1. The quantitative estimate of drug-likeness (QED) is 0.122. The Morgan fingerprint density at radius 3 is 1.82 bits per heavy atom. The Morgan fingerprint density at radius 1 is 0.633 bits per heavy atom. The highest BCUT2D eigenvalue weighted by Crippen LogP contribution is 2.17. The second-order valence-electron chi connectivity index (χ2n) is 12.5. The number of rotatable bonds is 15. The molecule has 0 aliphatic heterocycles. The fourth-order valence-corrected chi connectivity index (χ4v) is 5.16. The van der Waals surface area contributed by atoms with Crippen LogP contribution in [0.25, 0.3) is 10.8 Å². The average Bonchev–Trinajstić information content (AvgIpc) is 3.07. The van der Waals surface area contributed by atoms with Crippen LogP contribution in [0.1, 0.15) is 37.5 Å². The van der Waals surface area contributed by atoms with Gasteiger partial charge in [-0.3, -0.25) is 28.8 Å². The molecule has 4 aromatic rings. The highest BCUT2D eigenvalue weighted by Gasteiger charge is 2.34. The lowest BCUT2D eigenvalue weighted by molar-refractivity contribution is -0.141. The van der Waals surface area contributed by atoms with Crippen LogP contribution in [0.2, 0.25) is 0 Å². The van der Waals surface area contributed by atoms with Crippen LogP contribution in [0.15, 0.2) is 103 Å². The molecule has 11 nitrogen and oxygen atoms in total. The minimum atomic E-state index is -1.42. The zero-order valence-corrected chi connectivity index (χ0v) is 27.7. The van der Waals surface area contributed by atoms with Crippen LogP contribution in [-0.2, 0) is 48.0 Å². The first-order valence-corrected chi connectivity index (χ1v) is 15.9. The topological polar surface area (TPSA) is 177 Å². The van der Waals surface area contributed by atoms with Crippen LogP contribution < -0.4 is 27.0 Å². The van der Waals surface area contributed by atoms with E-state index in [1.54, 1.807) is 42.5 Å². The molecule has 11 heteroatoms. The minimum absolute atomic E-state index is 0.0164. The zero-order chi connectivity index (χ0) is 35.6. The molecule has 0 radical (unpaired) electrons. The normalized spacial score (nSPS) is 13.0. The summed E-state index contributed by atoms with van der Waals surface area (Å²) in [5.74, 6) is -4.68. The summed E-state index contributed by atoms with van der Waals surface area (Å²) in [5.41, 5.74) is 6.22. The van der Waals surface area contributed by atoms with E-state index < -0.39 is 59.0 Å². The number of fused-ring (bicyclic) bond motifs is 1. The first kappa shape index (κ1) is 36.0. The van der Waals surface area contributed by atoms with E-state index in [9.17, 15) is 28.8 Å². The molecule has 0 fully saturated rings. The first-order chi connectivity index (χ1) is 23.3. The van der Waals surface area contributed by atoms with Crippen LogP contribution in [-0.4, -0.2) is 59.0 Å². The summed E-state index contributed by atoms with van der Waals surface area (Å²) >= 11 is 0. The fraction of sp³-hybridized carbons (Fsp3) is 0.263. The summed E-state index contributed by atoms with van der Waals surface area (Å²) in [7, 11) is 0. The third kappa shape index (κ3) is 10.3. The van der Waals surface area contributed by atoms with Crippen molar-refractivity contribution < 1.29 is 28.8 Å². The second-order valence-corrected chi connectivity index (χ2v) is 12.5. The first-order valence-electron chi connectivity index (χ1n) is 15.9. The van der Waals surface area contributed by atoms with Crippen LogP contribution in [0.4, 0.5) is 0 Å². The molecule has 3 atom stereocenters. The maximum absolute atomic E-state index is 13.6. The number of hydrogen-bond donors (Lipinski definition) is 5. The molecule has 0 aliphatic rings. The summed E-state index contributed by atoms with van der Waals surface area (Å²) in [6.45, 7) is 4.19. The van der Waals surface area contributed by atoms with E-state index in [2.05, 4.69) is 21.3 Å². The second kappa shape index (κ2) is 16.3. The molecule has 4 aromatic carbocycles. The maximum Gasteiger partial charge on any atom is 0.290 e. The van der Waals surface area contributed by atoms with Gasteiger partial charge in [0.15, 0.2) is 0 Å². The van der Waals surface area contributed by atoms with Gasteiger partial charge in [0, 0.05) is 12.8 Å². The Kier molecular flexibility index (Phi) is 12.0. The molecule has 6 N–H and O–H groups in total. The lowest BCUT2D eigenvalue weighted by atomic mass is 10.00. The number of Topliss-reactive ketones (excluding diaryl/α,β-unsaturated/α-hetero) is 1. The van der Waals surface area contributed by atoms with Crippen molar-refractivity contribution in [2.75, 3.05) is 0 Å². The molecule has 4 rings (SSSR count). The Bertz CT molecular complexity index is 1830. The number of carbonyl (C=O) groups excluding carboxylic acids is 6.